The number of ether oxygens (including phenoxy) is 1. The third-order valence-corrected chi connectivity index (χ3v) is 1.87. The first kappa shape index (κ1) is 13.7. The molecule has 0 spiro atoms. The monoisotopic (exact) mass is 200 g/mol. The van der Waals surface area contributed by atoms with Crippen molar-refractivity contribution in [2.45, 2.75) is 52.6 Å². The first-order valence-corrected chi connectivity index (χ1v) is 5.36. The highest BCUT2D eigenvalue weighted by atomic mass is 16.5. The third kappa shape index (κ3) is 9.75. The Morgan fingerprint density at radius 3 is 2.50 bits per heavy atom. The van der Waals surface area contributed by atoms with Crippen LogP contribution in [0.4, 0.5) is 0 Å². The summed E-state index contributed by atoms with van der Waals surface area (Å²) in [5.74, 6) is 0. The zero-order valence-electron chi connectivity index (χ0n) is 9.97. The molecule has 0 atom stereocenters. The van der Waals surface area contributed by atoms with Crippen LogP contribution < -0.4 is 0 Å². The summed E-state index contributed by atoms with van der Waals surface area (Å²) in [5, 5.41) is 8.62. The van der Waals surface area contributed by atoms with Crippen molar-refractivity contribution in [3.63, 3.8) is 0 Å². The van der Waals surface area contributed by atoms with Gasteiger partial charge < -0.3 is 9.84 Å². The molecule has 0 aliphatic carbocycles. The lowest BCUT2D eigenvalue weighted by atomic mass is 10.1. The number of allylic oxidation sites excluding steroid dienone is 1. The summed E-state index contributed by atoms with van der Waals surface area (Å²) in [6.07, 6.45) is 4.99. The number of aliphatic hydroxyl groups excluding tert-OH is 1. The van der Waals surface area contributed by atoms with Crippen LogP contribution in [0.1, 0.15) is 47.0 Å². The second-order valence-electron chi connectivity index (χ2n) is 4.63. The zero-order valence-corrected chi connectivity index (χ0v) is 9.97. The fourth-order valence-electron chi connectivity index (χ4n) is 1.14. The molecule has 0 amide bonds. The van der Waals surface area contributed by atoms with Crippen molar-refractivity contribution in [1.29, 1.82) is 0 Å². The minimum Gasteiger partial charge on any atom is -0.396 e. The van der Waals surface area contributed by atoms with Crippen LogP contribution >= 0.6 is 0 Å². The maximum Gasteiger partial charge on any atom is 0.0598 e. The Morgan fingerprint density at radius 2 is 2.00 bits per heavy atom. The number of hydrogen-bond donors (Lipinski definition) is 1. The van der Waals surface area contributed by atoms with E-state index in [0.29, 0.717) is 0 Å². The molecule has 0 aliphatic heterocycles. The van der Waals surface area contributed by atoms with E-state index in [4.69, 9.17) is 9.84 Å². The van der Waals surface area contributed by atoms with E-state index >= 15 is 0 Å². The van der Waals surface area contributed by atoms with Gasteiger partial charge in [0.1, 0.15) is 0 Å². The Labute approximate surface area is 88.0 Å². The lowest BCUT2D eigenvalue weighted by Gasteiger charge is -2.19. The molecule has 14 heavy (non-hydrogen) atoms. The summed E-state index contributed by atoms with van der Waals surface area (Å²) >= 11 is 0. The Morgan fingerprint density at radius 1 is 1.36 bits per heavy atom. The fraction of sp³-hybridized carbons (Fsp3) is 0.833. The van der Waals surface area contributed by atoms with E-state index in [-0.39, 0.29) is 12.2 Å². The summed E-state index contributed by atoms with van der Waals surface area (Å²) in [6, 6.07) is 0. The van der Waals surface area contributed by atoms with E-state index in [9.17, 15) is 0 Å². The largest absolute Gasteiger partial charge is 0.396 e. The molecule has 0 radical (unpaired) electrons. The molecule has 0 aromatic rings. The van der Waals surface area contributed by atoms with Gasteiger partial charge in [-0.15, -0.1) is 0 Å². The highest BCUT2D eigenvalue weighted by Gasteiger charge is 2.08. The second-order valence-corrected chi connectivity index (χ2v) is 4.63. The standard InChI is InChI=1S/C12H24O2/c1-11(7-5-9-13)8-6-10-14-12(2,3)4/h7,13H,5-6,8-10H2,1-4H3/b11-7-. The molecule has 0 rings (SSSR count). The van der Waals surface area contributed by atoms with Crippen LogP contribution in [0, 0.1) is 0 Å². The lowest BCUT2D eigenvalue weighted by molar-refractivity contribution is -0.00384. The molecule has 0 bridgehead atoms. The number of hydrogen-bond acceptors (Lipinski definition) is 2. The Kier molecular flexibility index (Phi) is 6.85. The molecule has 0 aliphatic rings. The van der Waals surface area contributed by atoms with Gasteiger partial charge in [-0.1, -0.05) is 11.6 Å². The van der Waals surface area contributed by atoms with Crippen molar-refractivity contribution >= 4 is 0 Å². The SMILES string of the molecule is C/C(=C/CCO)CCCOC(C)(C)C. The van der Waals surface area contributed by atoms with E-state index in [0.717, 1.165) is 25.9 Å². The Balaban J connectivity index is 3.45. The molecule has 0 saturated carbocycles. The van der Waals surface area contributed by atoms with Crippen LogP contribution in [-0.4, -0.2) is 23.9 Å². The second kappa shape index (κ2) is 7.02. The molecule has 2 heteroatoms. The van der Waals surface area contributed by atoms with Crippen molar-refractivity contribution < 1.29 is 9.84 Å². The molecule has 0 unspecified atom stereocenters. The first-order valence-electron chi connectivity index (χ1n) is 5.36. The Bertz CT molecular complexity index is 166. The summed E-state index contributed by atoms with van der Waals surface area (Å²) in [6.45, 7) is 9.38. The molecule has 84 valence electrons. The van der Waals surface area contributed by atoms with Crippen LogP contribution in [0.3, 0.4) is 0 Å². The molecule has 0 aromatic heterocycles. The van der Waals surface area contributed by atoms with Crippen molar-refractivity contribution in [3.8, 4) is 0 Å². The summed E-state index contributed by atoms with van der Waals surface area (Å²) in [4.78, 5) is 0. The summed E-state index contributed by atoms with van der Waals surface area (Å²) < 4.78 is 5.61. The zero-order chi connectivity index (χ0) is 11.0. The van der Waals surface area contributed by atoms with E-state index < -0.39 is 0 Å². The molecule has 0 saturated heterocycles. The van der Waals surface area contributed by atoms with Gasteiger partial charge in [0.2, 0.25) is 0 Å². The minimum atomic E-state index is -0.0251. The molecule has 0 fully saturated rings. The number of aliphatic hydroxyl groups is 1. The van der Waals surface area contributed by atoms with Gasteiger partial charge in [0.25, 0.3) is 0 Å². The van der Waals surface area contributed by atoms with Gasteiger partial charge in [-0.25, -0.2) is 0 Å². The van der Waals surface area contributed by atoms with Gasteiger partial charge in [0, 0.05) is 13.2 Å². The van der Waals surface area contributed by atoms with E-state index in [1.54, 1.807) is 0 Å². The van der Waals surface area contributed by atoms with Gasteiger partial charge in [-0.2, -0.15) is 0 Å². The van der Waals surface area contributed by atoms with Gasteiger partial charge in [-0.3, -0.25) is 0 Å². The summed E-state index contributed by atoms with van der Waals surface area (Å²) in [5.41, 5.74) is 1.32. The van der Waals surface area contributed by atoms with Crippen LogP contribution in [0.5, 0.6) is 0 Å². The van der Waals surface area contributed by atoms with Gasteiger partial charge in [0.05, 0.1) is 5.60 Å². The predicted molar refractivity (Wildman–Crippen MR) is 60.4 cm³/mol. The number of rotatable bonds is 6. The predicted octanol–water partition coefficient (Wildman–Crippen LogP) is 2.91. The van der Waals surface area contributed by atoms with Crippen molar-refractivity contribution in [1.82, 2.24) is 0 Å². The highest BCUT2D eigenvalue weighted by molar-refractivity contribution is 4.97. The Hall–Kier alpha value is -0.340. The van der Waals surface area contributed by atoms with Gasteiger partial charge in [-0.05, 0) is 47.0 Å². The van der Waals surface area contributed by atoms with Crippen LogP contribution in [0.15, 0.2) is 11.6 Å². The average Bonchev–Trinajstić information content (AvgIpc) is 2.07. The van der Waals surface area contributed by atoms with Crippen molar-refractivity contribution in [2.24, 2.45) is 0 Å². The van der Waals surface area contributed by atoms with Gasteiger partial charge >= 0.3 is 0 Å². The highest BCUT2D eigenvalue weighted by Crippen LogP contribution is 2.10. The fourth-order valence-corrected chi connectivity index (χ4v) is 1.14. The molecular weight excluding hydrogens is 176 g/mol. The van der Waals surface area contributed by atoms with E-state index in [1.807, 2.05) is 0 Å². The molecule has 2 nitrogen and oxygen atoms in total. The quantitative estimate of drug-likeness (QED) is 0.527. The maximum absolute atomic E-state index is 8.62. The van der Waals surface area contributed by atoms with Crippen molar-refractivity contribution in [3.05, 3.63) is 11.6 Å². The molecule has 1 N–H and O–H groups in total. The molecule has 0 aromatic carbocycles. The van der Waals surface area contributed by atoms with Crippen LogP contribution in [0.25, 0.3) is 0 Å². The van der Waals surface area contributed by atoms with Gasteiger partial charge in [0.15, 0.2) is 0 Å². The molecule has 0 heterocycles. The van der Waals surface area contributed by atoms with Crippen molar-refractivity contribution in [2.75, 3.05) is 13.2 Å². The lowest BCUT2D eigenvalue weighted by Crippen LogP contribution is -2.19. The molecular formula is C12H24O2. The smallest absolute Gasteiger partial charge is 0.0598 e. The summed E-state index contributed by atoms with van der Waals surface area (Å²) in [7, 11) is 0. The average molecular weight is 200 g/mol. The minimum absolute atomic E-state index is 0.0251. The first-order chi connectivity index (χ1) is 6.45. The normalized spacial score (nSPS) is 13.4. The maximum atomic E-state index is 8.62. The van der Waals surface area contributed by atoms with E-state index in [2.05, 4.69) is 33.8 Å². The van der Waals surface area contributed by atoms with Crippen LogP contribution in [0.2, 0.25) is 0 Å². The van der Waals surface area contributed by atoms with Crippen LogP contribution in [-0.2, 0) is 4.74 Å². The third-order valence-electron chi connectivity index (χ3n) is 1.87. The van der Waals surface area contributed by atoms with E-state index in [1.165, 1.54) is 5.57 Å². The topological polar surface area (TPSA) is 29.5 Å².